The van der Waals surface area contributed by atoms with Gasteiger partial charge in [0, 0.05) is 23.5 Å². The van der Waals surface area contributed by atoms with Gasteiger partial charge in [0.15, 0.2) is 6.23 Å². The van der Waals surface area contributed by atoms with E-state index >= 15 is 0 Å². The molecule has 3 atom stereocenters. The molecule has 4 rings (SSSR count). The molecule has 1 unspecified atom stereocenters. The molecular formula is C18H24N2O3S. The molecule has 1 N–H and O–H groups in total. The van der Waals surface area contributed by atoms with E-state index in [9.17, 15) is 8.42 Å². The van der Waals surface area contributed by atoms with Crippen LogP contribution in [0.4, 0.5) is 0 Å². The normalized spacial score (nSPS) is 24.8. The lowest BCUT2D eigenvalue weighted by Crippen LogP contribution is -2.43. The Morgan fingerprint density at radius 2 is 2.25 bits per heavy atom. The minimum Gasteiger partial charge on any atom is -0.320 e. The minimum atomic E-state index is -3.50. The molecule has 1 aromatic heterocycles. The van der Waals surface area contributed by atoms with E-state index in [1.807, 2.05) is 11.5 Å². The Labute approximate surface area is 143 Å². The molecule has 2 aliphatic rings. The standard InChI is InChI=1S/C18H24N2O3S/c1-3-17(23-24(2,21)22)20-11-12-10-15-13(7-5-9-19-15)14-6-4-8-16(20)18(12)14/h4,6,8,11,13,15,17,19H,3,5,7,9-10H2,1-2H3/t13-,15-,17?/m1/s1. The smallest absolute Gasteiger partial charge is 0.266 e. The van der Waals surface area contributed by atoms with Crippen LogP contribution in [-0.4, -0.2) is 31.8 Å². The fourth-order valence-corrected chi connectivity index (χ4v) is 5.05. The first kappa shape index (κ1) is 16.1. The second kappa shape index (κ2) is 5.86. The summed E-state index contributed by atoms with van der Waals surface area (Å²) in [6.45, 7) is 3.04. The Kier molecular flexibility index (Phi) is 3.94. The van der Waals surface area contributed by atoms with Crippen LogP contribution < -0.4 is 5.32 Å². The Bertz CT molecular complexity index is 872. The highest BCUT2D eigenvalue weighted by Gasteiger charge is 2.34. The topological polar surface area (TPSA) is 60.3 Å². The van der Waals surface area contributed by atoms with Crippen molar-refractivity contribution in [3.8, 4) is 0 Å². The van der Waals surface area contributed by atoms with Crippen molar-refractivity contribution >= 4 is 21.0 Å². The Hall–Kier alpha value is -1.37. The van der Waals surface area contributed by atoms with Gasteiger partial charge in [-0.2, -0.15) is 8.42 Å². The Morgan fingerprint density at radius 3 is 3.00 bits per heavy atom. The minimum absolute atomic E-state index is 0.486. The number of rotatable bonds is 4. The molecule has 1 aromatic carbocycles. The Morgan fingerprint density at radius 1 is 1.42 bits per heavy atom. The lowest BCUT2D eigenvalue weighted by molar-refractivity contribution is 0.142. The van der Waals surface area contributed by atoms with Gasteiger partial charge >= 0.3 is 0 Å². The molecule has 0 spiro atoms. The number of fused-ring (bicyclic) bond motifs is 2. The first-order valence-electron chi connectivity index (χ1n) is 8.72. The lowest BCUT2D eigenvalue weighted by Gasteiger charge is -2.36. The summed E-state index contributed by atoms with van der Waals surface area (Å²) in [5, 5.41) is 4.96. The van der Waals surface area contributed by atoms with Crippen LogP contribution in [0.25, 0.3) is 10.9 Å². The molecule has 0 bridgehead atoms. The van der Waals surface area contributed by atoms with Crippen LogP contribution in [-0.2, 0) is 20.7 Å². The molecule has 1 aliphatic carbocycles. The zero-order chi connectivity index (χ0) is 16.9. The maximum absolute atomic E-state index is 11.6. The van der Waals surface area contributed by atoms with Gasteiger partial charge in [-0.05, 0) is 49.4 Å². The van der Waals surface area contributed by atoms with Crippen molar-refractivity contribution in [1.29, 1.82) is 0 Å². The quantitative estimate of drug-likeness (QED) is 0.863. The number of aromatic nitrogens is 1. The number of benzene rings is 1. The van der Waals surface area contributed by atoms with Gasteiger partial charge in [0.2, 0.25) is 0 Å². The highest BCUT2D eigenvalue weighted by atomic mass is 32.2. The molecule has 0 radical (unpaired) electrons. The lowest BCUT2D eigenvalue weighted by atomic mass is 9.76. The summed E-state index contributed by atoms with van der Waals surface area (Å²) in [4.78, 5) is 0. The van der Waals surface area contributed by atoms with Crippen LogP contribution in [0.15, 0.2) is 24.4 Å². The van der Waals surface area contributed by atoms with Crippen LogP contribution in [0.1, 0.15) is 49.5 Å². The molecule has 24 heavy (non-hydrogen) atoms. The molecule has 1 saturated heterocycles. The van der Waals surface area contributed by atoms with E-state index in [4.69, 9.17) is 4.18 Å². The number of nitrogens with zero attached hydrogens (tertiary/aromatic N) is 1. The summed E-state index contributed by atoms with van der Waals surface area (Å²) < 4.78 is 30.6. The van der Waals surface area contributed by atoms with Crippen molar-refractivity contribution in [3.63, 3.8) is 0 Å². The fourth-order valence-electron chi connectivity index (χ4n) is 4.42. The molecule has 0 saturated carbocycles. The van der Waals surface area contributed by atoms with E-state index in [0.29, 0.717) is 18.4 Å². The summed E-state index contributed by atoms with van der Waals surface area (Å²) >= 11 is 0. The van der Waals surface area contributed by atoms with Crippen molar-refractivity contribution in [2.45, 2.75) is 50.8 Å². The average molecular weight is 348 g/mol. The van der Waals surface area contributed by atoms with Crippen molar-refractivity contribution < 1.29 is 12.6 Å². The predicted molar refractivity (Wildman–Crippen MR) is 94.7 cm³/mol. The van der Waals surface area contributed by atoms with Crippen LogP contribution in [0.5, 0.6) is 0 Å². The van der Waals surface area contributed by atoms with Gasteiger partial charge in [0.25, 0.3) is 10.1 Å². The number of piperidine rings is 1. The van der Waals surface area contributed by atoms with Gasteiger partial charge < -0.3 is 9.88 Å². The molecule has 2 aromatic rings. The van der Waals surface area contributed by atoms with Gasteiger partial charge in [-0.1, -0.05) is 19.1 Å². The van der Waals surface area contributed by atoms with E-state index < -0.39 is 16.3 Å². The average Bonchev–Trinajstić information content (AvgIpc) is 2.92. The van der Waals surface area contributed by atoms with Crippen molar-refractivity contribution in [1.82, 2.24) is 9.88 Å². The SMILES string of the molecule is CCC(OS(C)(=O)=O)n1cc2c3c(cccc31)[C@H]1CCCN[C@@H]1C2. The maximum Gasteiger partial charge on any atom is 0.266 e. The van der Waals surface area contributed by atoms with Gasteiger partial charge in [-0.25, -0.2) is 4.18 Å². The molecule has 0 amide bonds. The summed E-state index contributed by atoms with van der Waals surface area (Å²) in [5.74, 6) is 0.557. The molecule has 2 heterocycles. The van der Waals surface area contributed by atoms with Crippen molar-refractivity contribution in [2.24, 2.45) is 0 Å². The van der Waals surface area contributed by atoms with E-state index in [1.54, 1.807) is 0 Å². The summed E-state index contributed by atoms with van der Waals surface area (Å²) in [6, 6.07) is 6.89. The van der Waals surface area contributed by atoms with E-state index in [0.717, 1.165) is 24.7 Å². The maximum atomic E-state index is 11.6. The third-order valence-electron chi connectivity index (χ3n) is 5.34. The van der Waals surface area contributed by atoms with Crippen molar-refractivity contribution in [3.05, 3.63) is 35.5 Å². The molecule has 5 nitrogen and oxygen atoms in total. The molecule has 130 valence electrons. The number of hydrogen-bond donors (Lipinski definition) is 1. The van der Waals surface area contributed by atoms with Crippen LogP contribution >= 0.6 is 0 Å². The summed E-state index contributed by atoms with van der Waals surface area (Å²) in [6.07, 6.45) is 6.76. The highest BCUT2D eigenvalue weighted by molar-refractivity contribution is 7.85. The summed E-state index contributed by atoms with van der Waals surface area (Å²) in [7, 11) is -3.50. The molecule has 6 heteroatoms. The summed E-state index contributed by atoms with van der Waals surface area (Å²) in [5.41, 5.74) is 3.78. The van der Waals surface area contributed by atoms with Crippen molar-refractivity contribution in [2.75, 3.05) is 12.8 Å². The molecular weight excluding hydrogens is 324 g/mol. The fraction of sp³-hybridized carbons (Fsp3) is 0.556. The van der Waals surface area contributed by atoms with E-state index in [-0.39, 0.29) is 0 Å². The third kappa shape index (κ3) is 2.66. The highest BCUT2D eigenvalue weighted by Crippen LogP contribution is 2.42. The zero-order valence-electron chi connectivity index (χ0n) is 14.2. The molecule has 1 fully saturated rings. The van der Waals surface area contributed by atoms with Gasteiger partial charge in [0.1, 0.15) is 0 Å². The first-order valence-corrected chi connectivity index (χ1v) is 10.5. The first-order chi connectivity index (χ1) is 11.5. The monoisotopic (exact) mass is 348 g/mol. The van der Waals surface area contributed by atoms with Crippen LogP contribution in [0.3, 0.4) is 0 Å². The number of hydrogen-bond acceptors (Lipinski definition) is 4. The second-order valence-corrected chi connectivity index (χ2v) is 8.58. The Balaban J connectivity index is 1.85. The third-order valence-corrected chi connectivity index (χ3v) is 5.91. The second-order valence-electron chi connectivity index (χ2n) is 6.98. The van der Waals surface area contributed by atoms with Gasteiger partial charge in [-0.15, -0.1) is 0 Å². The van der Waals surface area contributed by atoms with E-state index in [1.165, 1.54) is 29.4 Å². The molecule has 1 aliphatic heterocycles. The van der Waals surface area contributed by atoms with E-state index in [2.05, 4.69) is 29.7 Å². The predicted octanol–water partition coefficient (Wildman–Crippen LogP) is 2.92. The number of nitrogens with one attached hydrogen (secondary N) is 1. The van der Waals surface area contributed by atoms with Crippen LogP contribution in [0, 0.1) is 0 Å². The van der Waals surface area contributed by atoms with Crippen LogP contribution in [0.2, 0.25) is 0 Å². The largest absolute Gasteiger partial charge is 0.320 e. The zero-order valence-corrected chi connectivity index (χ0v) is 15.0. The van der Waals surface area contributed by atoms with Gasteiger partial charge in [0.05, 0.1) is 11.8 Å². The van der Waals surface area contributed by atoms with Gasteiger partial charge in [-0.3, -0.25) is 0 Å².